The molecule has 0 spiro atoms. The third-order valence-electron chi connectivity index (χ3n) is 3.80. The summed E-state index contributed by atoms with van der Waals surface area (Å²) >= 11 is 7.07. The van der Waals surface area contributed by atoms with Crippen molar-refractivity contribution in [3.8, 4) is 11.5 Å². The summed E-state index contributed by atoms with van der Waals surface area (Å²) in [6, 6.07) is 5.17. The van der Waals surface area contributed by atoms with E-state index in [-0.39, 0.29) is 17.9 Å². The van der Waals surface area contributed by atoms with E-state index < -0.39 is 29.1 Å². The van der Waals surface area contributed by atoms with Crippen LogP contribution in [0.5, 0.6) is 11.5 Å². The fourth-order valence-corrected chi connectivity index (χ4v) is 3.31. The molecule has 2 aromatic carbocycles. The Kier molecular flexibility index (Phi) is 5.76. The minimum atomic E-state index is -4.86. The zero-order valence-electron chi connectivity index (χ0n) is 14.2. The SMILES string of the molecule is Cc1c(NCc2cnc(Cl)s2)cccc1Oc1c(F)cc(C(F)(F)F)cc1F. The van der Waals surface area contributed by atoms with Gasteiger partial charge in [-0.25, -0.2) is 13.8 Å². The predicted molar refractivity (Wildman–Crippen MR) is 97.1 cm³/mol. The van der Waals surface area contributed by atoms with Crippen LogP contribution in [-0.4, -0.2) is 4.98 Å². The maximum Gasteiger partial charge on any atom is 0.416 e. The minimum absolute atomic E-state index is 0.102. The van der Waals surface area contributed by atoms with Gasteiger partial charge in [0.05, 0.1) is 12.1 Å². The average Bonchev–Trinajstić information content (AvgIpc) is 3.02. The smallest absolute Gasteiger partial charge is 0.416 e. The fourth-order valence-electron chi connectivity index (χ4n) is 2.40. The van der Waals surface area contributed by atoms with Crippen LogP contribution in [0.4, 0.5) is 27.6 Å². The zero-order valence-corrected chi connectivity index (χ0v) is 15.8. The van der Waals surface area contributed by atoms with Crippen molar-refractivity contribution in [1.82, 2.24) is 4.98 Å². The molecule has 3 aromatic rings. The quantitative estimate of drug-likeness (QED) is 0.448. The molecule has 0 aliphatic heterocycles. The third-order valence-corrected chi connectivity index (χ3v) is 4.91. The maximum absolute atomic E-state index is 14.0. The number of rotatable bonds is 5. The summed E-state index contributed by atoms with van der Waals surface area (Å²) in [6.07, 6.45) is -3.25. The van der Waals surface area contributed by atoms with Gasteiger partial charge >= 0.3 is 6.18 Å². The number of nitrogens with zero attached hydrogens (tertiary/aromatic N) is 1. The van der Waals surface area contributed by atoms with E-state index >= 15 is 0 Å². The van der Waals surface area contributed by atoms with E-state index in [1.807, 2.05) is 0 Å². The lowest BCUT2D eigenvalue weighted by Crippen LogP contribution is -2.07. The molecule has 0 aliphatic rings. The first-order valence-corrected chi connectivity index (χ1v) is 9.02. The van der Waals surface area contributed by atoms with Crippen LogP contribution >= 0.6 is 22.9 Å². The molecule has 1 heterocycles. The highest BCUT2D eigenvalue weighted by atomic mass is 35.5. The molecule has 1 N–H and O–H groups in total. The topological polar surface area (TPSA) is 34.2 Å². The van der Waals surface area contributed by atoms with Gasteiger partial charge in [0.25, 0.3) is 0 Å². The lowest BCUT2D eigenvalue weighted by atomic mass is 10.1. The van der Waals surface area contributed by atoms with Crippen LogP contribution in [0.15, 0.2) is 36.5 Å². The molecule has 0 amide bonds. The number of thiazole rings is 1. The number of ether oxygens (including phenoxy) is 1. The van der Waals surface area contributed by atoms with E-state index in [0.29, 0.717) is 22.3 Å². The number of hydrogen-bond acceptors (Lipinski definition) is 4. The molecule has 3 rings (SSSR count). The lowest BCUT2D eigenvalue weighted by molar-refractivity contribution is -0.138. The van der Waals surface area contributed by atoms with Gasteiger partial charge in [-0.3, -0.25) is 0 Å². The number of halogens is 6. The van der Waals surface area contributed by atoms with E-state index in [1.54, 1.807) is 25.3 Å². The van der Waals surface area contributed by atoms with Gasteiger partial charge in [-0.2, -0.15) is 13.2 Å². The van der Waals surface area contributed by atoms with Crippen LogP contribution in [-0.2, 0) is 12.7 Å². The normalized spacial score (nSPS) is 11.5. The predicted octanol–water partition coefficient (Wildman–Crippen LogP) is 6.81. The molecular weight excluding hydrogens is 423 g/mol. The summed E-state index contributed by atoms with van der Waals surface area (Å²) < 4.78 is 71.7. The van der Waals surface area contributed by atoms with Crippen molar-refractivity contribution in [2.75, 3.05) is 5.32 Å². The second-order valence-electron chi connectivity index (χ2n) is 5.73. The highest BCUT2D eigenvalue weighted by Crippen LogP contribution is 2.37. The van der Waals surface area contributed by atoms with E-state index in [0.717, 1.165) is 4.88 Å². The molecule has 1 aromatic heterocycles. The Hall–Kier alpha value is -2.39. The summed E-state index contributed by atoms with van der Waals surface area (Å²) in [5.41, 5.74) is -0.281. The van der Waals surface area contributed by atoms with Crippen LogP contribution < -0.4 is 10.1 Å². The van der Waals surface area contributed by atoms with Gasteiger partial charge in [0.15, 0.2) is 21.9 Å². The number of anilines is 1. The summed E-state index contributed by atoms with van der Waals surface area (Å²) in [4.78, 5) is 4.80. The number of hydrogen-bond donors (Lipinski definition) is 1. The van der Waals surface area contributed by atoms with Gasteiger partial charge < -0.3 is 10.1 Å². The first-order chi connectivity index (χ1) is 13.1. The molecule has 0 saturated carbocycles. The van der Waals surface area contributed by atoms with Gasteiger partial charge in [-0.05, 0) is 31.2 Å². The largest absolute Gasteiger partial charge is 0.451 e. The highest BCUT2D eigenvalue weighted by Gasteiger charge is 2.33. The van der Waals surface area contributed by atoms with Gasteiger partial charge in [0.1, 0.15) is 5.75 Å². The molecule has 10 heteroatoms. The molecule has 3 nitrogen and oxygen atoms in total. The molecule has 0 fully saturated rings. The standard InChI is InChI=1S/C18H12ClF5N2OS/c1-9-14(25-7-11-8-26-17(19)28-11)3-2-4-15(9)27-16-12(20)5-10(6-13(16)21)18(22,23)24/h2-6,8,25H,7H2,1H3. The van der Waals surface area contributed by atoms with Crippen LogP contribution in [0, 0.1) is 18.6 Å². The van der Waals surface area contributed by atoms with Crippen LogP contribution in [0.2, 0.25) is 4.47 Å². The van der Waals surface area contributed by atoms with Crippen molar-refractivity contribution in [2.45, 2.75) is 19.6 Å². The van der Waals surface area contributed by atoms with Crippen molar-refractivity contribution in [3.05, 3.63) is 68.6 Å². The molecule has 0 atom stereocenters. The highest BCUT2D eigenvalue weighted by molar-refractivity contribution is 7.15. The second kappa shape index (κ2) is 7.92. The van der Waals surface area contributed by atoms with Crippen LogP contribution in [0.25, 0.3) is 0 Å². The van der Waals surface area contributed by atoms with Crippen molar-refractivity contribution in [3.63, 3.8) is 0 Å². The van der Waals surface area contributed by atoms with Crippen molar-refractivity contribution in [2.24, 2.45) is 0 Å². The van der Waals surface area contributed by atoms with Crippen LogP contribution in [0.1, 0.15) is 16.0 Å². The Morgan fingerprint density at radius 1 is 1.18 bits per heavy atom. The number of nitrogens with one attached hydrogen (secondary N) is 1. The molecular formula is C18H12ClF5N2OS. The molecule has 0 radical (unpaired) electrons. The second-order valence-corrected chi connectivity index (χ2v) is 7.43. The van der Waals surface area contributed by atoms with Gasteiger partial charge in [0.2, 0.25) is 0 Å². The van der Waals surface area contributed by atoms with Gasteiger partial charge in [-0.1, -0.05) is 17.7 Å². The molecule has 28 heavy (non-hydrogen) atoms. The Morgan fingerprint density at radius 3 is 2.43 bits per heavy atom. The first-order valence-electron chi connectivity index (χ1n) is 7.83. The van der Waals surface area contributed by atoms with E-state index in [2.05, 4.69) is 10.3 Å². The van der Waals surface area contributed by atoms with Gasteiger partial charge in [0, 0.05) is 22.3 Å². The minimum Gasteiger partial charge on any atom is -0.451 e. The Morgan fingerprint density at radius 2 is 1.86 bits per heavy atom. The summed E-state index contributed by atoms with van der Waals surface area (Å²) in [6.45, 7) is 2.06. The van der Waals surface area contributed by atoms with Crippen molar-refractivity contribution in [1.29, 1.82) is 0 Å². The number of benzene rings is 2. The van der Waals surface area contributed by atoms with E-state index in [1.165, 1.54) is 17.4 Å². The Labute approximate surface area is 165 Å². The van der Waals surface area contributed by atoms with Crippen molar-refractivity contribution >= 4 is 28.6 Å². The molecule has 0 bridgehead atoms. The monoisotopic (exact) mass is 434 g/mol. The van der Waals surface area contributed by atoms with Crippen LogP contribution in [0.3, 0.4) is 0 Å². The fraction of sp³-hybridized carbons (Fsp3) is 0.167. The Bertz CT molecular complexity index is 983. The zero-order chi connectivity index (χ0) is 20.5. The maximum atomic E-state index is 14.0. The summed E-state index contributed by atoms with van der Waals surface area (Å²) in [7, 11) is 0. The summed E-state index contributed by atoms with van der Waals surface area (Å²) in [5.74, 6) is -3.68. The lowest BCUT2D eigenvalue weighted by Gasteiger charge is -2.15. The van der Waals surface area contributed by atoms with Gasteiger partial charge in [-0.15, -0.1) is 11.3 Å². The molecule has 0 saturated heterocycles. The van der Waals surface area contributed by atoms with E-state index in [4.69, 9.17) is 16.3 Å². The molecule has 0 aliphatic carbocycles. The first kappa shape index (κ1) is 20.3. The van der Waals surface area contributed by atoms with E-state index in [9.17, 15) is 22.0 Å². The molecule has 0 unspecified atom stereocenters. The molecule has 148 valence electrons. The summed E-state index contributed by atoms with van der Waals surface area (Å²) in [5, 5.41) is 3.12. The number of aromatic nitrogens is 1. The Balaban J connectivity index is 1.83. The van der Waals surface area contributed by atoms with Crippen molar-refractivity contribution < 1.29 is 26.7 Å². The number of alkyl halides is 3. The average molecular weight is 435 g/mol. The third kappa shape index (κ3) is 4.53.